The minimum atomic E-state index is -0.484. The third-order valence-corrected chi connectivity index (χ3v) is 6.12. The maximum atomic E-state index is 12.4. The summed E-state index contributed by atoms with van der Waals surface area (Å²) in [5, 5.41) is 0. The molecule has 100 valence electrons. The fraction of sp³-hybridized carbons (Fsp3) is 0.867. The highest BCUT2D eigenvalue weighted by Crippen LogP contribution is 2.73. The minimum Gasteiger partial charge on any atom is -0.469 e. The first-order chi connectivity index (χ1) is 8.58. The average molecular weight is 250 g/mol. The van der Waals surface area contributed by atoms with Crippen LogP contribution in [-0.4, -0.2) is 18.9 Å². The molecule has 4 atom stereocenters. The summed E-state index contributed by atoms with van der Waals surface area (Å²) in [5.41, 5.74) is -0.471. The Morgan fingerprint density at radius 3 is 2.78 bits per heavy atom. The third kappa shape index (κ3) is 1.16. The van der Waals surface area contributed by atoms with Gasteiger partial charge in [-0.2, -0.15) is 0 Å². The lowest BCUT2D eigenvalue weighted by Gasteiger charge is -2.69. The summed E-state index contributed by atoms with van der Waals surface area (Å²) >= 11 is 0. The van der Waals surface area contributed by atoms with Crippen molar-refractivity contribution in [3.05, 3.63) is 0 Å². The zero-order chi connectivity index (χ0) is 13.0. The molecule has 0 unspecified atom stereocenters. The molecule has 0 spiro atoms. The van der Waals surface area contributed by atoms with E-state index >= 15 is 0 Å². The van der Waals surface area contributed by atoms with Gasteiger partial charge in [0.25, 0.3) is 0 Å². The van der Waals surface area contributed by atoms with Gasteiger partial charge in [0, 0.05) is 12.3 Å². The van der Waals surface area contributed by atoms with Crippen LogP contribution in [0.5, 0.6) is 0 Å². The van der Waals surface area contributed by atoms with E-state index in [9.17, 15) is 9.59 Å². The SMILES string of the molecule is COC(=O)[C@@]12CCCC(=O)[C@@H]1[C@H]1CCCC[C@]12C. The Bertz CT molecular complexity index is 403. The summed E-state index contributed by atoms with van der Waals surface area (Å²) in [6.45, 7) is 2.23. The Hall–Kier alpha value is -0.860. The predicted octanol–water partition coefficient (Wildman–Crippen LogP) is 2.73. The van der Waals surface area contributed by atoms with E-state index in [2.05, 4.69) is 6.92 Å². The summed E-state index contributed by atoms with van der Waals surface area (Å²) in [6, 6.07) is 0. The number of methoxy groups -OCH3 is 1. The molecule has 0 aromatic rings. The highest BCUT2D eigenvalue weighted by Gasteiger charge is 2.75. The Morgan fingerprint density at radius 2 is 2.06 bits per heavy atom. The van der Waals surface area contributed by atoms with E-state index in [0.29, 0.717) is 18.1 Å². The van der Waals surface area contributed by atoms with E-state index < -0.39 is 5.41 Å². The molecule has 3 nitrogen and oxygen atoms in total. The number of esters is 1. The number of rotatable bonds is 1. The fourth-order valence-corrected chi connectivity index (χ4v) is 5.33. The highest BCUT2D eigenvalue weighted by atomic mass is 16.5. The molecule has 0 radical (unpaired) electrons. The molecule has 0 N–H and O–H groups in total. The van der Waals surface area contributed by atoms with E-state index in [0.717, 1.165) is 25.7 Å². The number of carbonyl (C=O) groups excluding carboxylic acids is 2. The van der Waals surface area contributed by atoms with Crippen LogP contribution in [0, 0.1) is 22.7 Å². The quantitative estimate of drug-likeness (QED) is 0.672. The largest absolute Gasteiger partial charge is 0.469 e. The molecular weight excluding hydrogens is 228 g/mol. The van der Waals surface area contributed by atoms with Crippen molar-refractivity contribution in [2.75, 3.05) is 7.11 Å². The standard InChI is InChI=1S/C15H22O3/c1-14-8-4-3-6-10(14)12-11(16)7-5-9-15(12,14)13(17)18-2/h10,12H,3-9H2,1-2H3/t10-,12+,14-,15-/m1/s1. The normalized spacial score (nSPS) is 46.7. The van der Waals surface area contributed by atoms with Crippen LogP contribution >= 0.6 is 0 Å². The minimum absolute atomic E-state index is 0.0130. The van der Waals surface area contributed by atoms with Crippen LogP contribution in [0.15, 0.2) is 0 Å². The number of Topliss-reactive ketones (excluding diaryl/α,β-unsaturated/α-hetero) is 1. The second kappa shape index (κ2) is 3.82. The van der Waals surface area contributed by atoms with Crippen LogP contribution in [-0.2, 0) is 14.3 Å². The first-order valence-corrected chi connectivity index (χ1v) is 7.19. The highest BCUT2D eigenvalue weighted by molar-refractivity contribution is 5.94. The number of hydrogen-bond donors (Lipinski definition) is 0. The molecule has 0 bridgehead atoms. The molecule has 3 rings (SSSR count). The molecule has 0 aromatic heterocycles. The van der Waals surface area contributed by atoms with Crippen molar-refractivity contribution < 1.29 is 14.3 Å². The van der Waals surface area contributed by atoms with Crippen molar-refractivity contribution >= 4 is 11.8 Å². The summed E-state index contributed by atoms with van der Waals surface area (Å²) < 4.78 is 5.09. The maximum absolute atomic E-state index is 12.4. The number of ketones is 1. The van der Waals surface area contributed by atoms with Crippen LogP contribution in [0.2, 0.25) is 0 Å². The smallest absolute Gasteiger partial charge is 0.313 e. The van der Waals surface area contributed by atoms with Crippen LogP contribution in [0.25, 0.3) is 0 Å². The molecule has 0 saturated heterocycles. The van der Waals surface area contributed by atoms with Crippen molar-refractivity contribution in [3.8, 4) is 0 Å². The topological polar surface area (TPSA) is 43.4 Å². The number of carbonyl (C=O) groups is 2. The van der Waals surface area contributed by atoms with Gasteiger partial charge in [0.05, 0.1) is 12.5 Å². The zero-order valence-electron chi connectivity index (χ0n) is 11.3. The molecule has 3 aliphatic rings. The lowest BCUT2D eigenvalue weighted by Crippen LogP contribution is -2.72. The number of fused-ring (bicyclic) bond motifs is 4. The molecular formula is C15H22O3. The van der Waals surface area contributed by atoms with E-state index in [-0.39, 0.29) is 17.3 Å². The predicted molar refractivity (Wildman–Crippen MR) is 66.9 cm³/mol. The van der Waals surface area contributed by atoms with Crippen molar-refractivity contribution in [1.82, 2.24) is 0 Å². The van der Waals surface area contributed by atoms with Gasteiger partial charge in [-0.3, -0.25) is 9.59 Å². The summed E-state index contributed by atoms with van der Waals surface area (Å²) in [5.74, 6) is 0.583. The van der Waals surface area contributed by atoms with Crippen LogP contribution in [0.3, 0.4) is 0 Å². The lowest BCUT2D eigenvalue weighted by molar-refractivity contribution is -0.239. The van der Waals surface area contributed by atoms with Gasteiger partial charge in [-0.25, -0.2) is 0 Å². The van der Waals surface area contributed by atoms with Crippen LogP contribution < -0.4 is 0 Å². The molecule has 3 saturated carbocycles. The van der Waals surface area contributed by atoms with Gasteiger partial charge in [0.1, 0.15) is 5.78 Å². The van der Waals surface area contributed by atoms with Gasteiger partial charge in [-0.15, -0.1) is 0 Å². The van der Waals surface area contributed by atoms with E-state index in [1.807, 2.05) is 0 Å². The van der Waals surface area contributed by atoms with E-state index in [4.69, 9.17) is 4.74 Å². The van der Waals surface area contributed by atoms with Crippen molar-refractivity contribution in [3.63, 3.8) is 0 Å². The summed E-state index contributed by atoms with van der Waals surface area (Å²) in [6.07, 6.45) is 6.96. The van der Waals surface area contributed by atoms with Crippen molar-refractivity contribution in [2.24, 2.45) is 22.7 Å². The molecule has 3 aliphatic carbocycles. The van der Waals surface area contributed by atoms with Gasteiger partial charge < -0.3 is 4.74 Å². The summed E-state index contributed by atoms with van der Waals surface area (Å²) in [4.78, 5) is 24.7. The maximum Gasteiger partial charge on any atom is 0.313 e. The Kier molecular flexibility index (Phi) is 2.58. The van der Waals surface area contributed by atoms with Crippen LogP contribution in [0.4, 0.5) is 0 Å². The van der Waals surface area contributed by atoms with Gasteiger partial charge in [-0.1, -0.05) is 19.8 Å². The Labute approximate surface area is 108 Å². The monoisotopic (exact) mass is 250 g/mol. The zero-order valence-corrected chi connectivity index (χ0v) is 11.3. The fourth-order valence-electron chi connectivity index (χ4n) is 5.33. The number of ether oxygens (including phenoxy) is 1. The van der Waals surface area contributed by atoms with Crippen molar-refractivity contribution in [1.29, 1.82) is 0 Å². The van der Waals surface area contributed by atoms with Gasteiger partial charge in [0.15, 0.2) is 0 Å². The summed E-state index contributed by atoms with van der Waals surface area (Å²) in [7, 11) is 1.47. The van der Waals surface area contributed by atoms with Gasteiger partial charge in [0.2, 0.25) is 0 Å². The molecule has 0 amide bonds. The van der Waals surface area contributed by atoms with Gasteiger partial charge >= 0.3 is 5.97 Å². The first kappa shape index (κ1) is 12.2. The Balaban J connectivity index is 2.05. The van der Waals surface area contributed by atoms with E-state index in [1.165, 1.54) is 20.0 Å². The molecule has 0 heterocycles. The average Bonchev–Trinajstić information content (AvgIpc) is 2.37. The van der Waals surface area contributed by atoms with Crippen molar-refractivity contribution in [2.45, 2.75) is 51.9 Å². The first-order valence-electron chi connectivity index (χ1n) is 7.19. The molecule has 0 aliphatic heterocycles. The lowest BCUT2D eigenvalue weighted by atomic mass is 9.32. The molecule has 18 heavy (non-hydrogen) atoms. The number of hydrogen-bond acceptors (Lipinski definition) is 3. The Morgan fingerprint density at radius 1 is 1.28 bits per heavy atom. The third-order valence-electron chi connectivity index (χ3n) is 6.12. The van der Waals surface area contributed by atoms with Gasteiger partial charge in [-0.05, 0) is 37.0 Å². The van der Waals surface area contributed by atoms with Crippen LogP contribution in [0.1, 0.15) is 51.9 Å². The second-order valence-corrected chi connectivity index (χ2v) is 6.53. The molecule has 0 aromatic carbocycles. The van der Waals surface area contributed by atoms with E-state index in [1.54, 1.807) is 0 Å². The molecule has 3 fully saturated rings. The second-order valence-electron chi connectivity index (χ2n) is 6.53. The molecule has 3 heteroatoms.